The first-order chi connectivity index (χ1) is 22.8. The summed E-state index contributed by atoms with van der Waals surface area (Å²) in [5.41, 5.74) is 9.45. The minimum atomic E-state index is 0.705. The fourth-order valence-electron chi connectivity index (χ4n) is 7.12. The van der Waals surface area contributed by atoms with Gasteiger partial charge in [0.2, 0.25) is 0 Å². The van der Waals surface area contributed by atoms with Crippen LogP contribution in [0, 0.1) is 0 Å². The van der Waals surface area contributed by atoms with Gasteiger partial charge < -0.3 is 9.47 Å². The number of hydrogen-bond donors (Lipinski definition) is 0. The Kier molecular flexibility index (Phi) is 6.96. The molecule has 0 aliphatic rings. The molecule has 0 saturated heterocycles. The van der Waals surface area contributed by atoms with Gasteiger partial charge in [-0.05, 0) is 89.0 Å². The molecule has 46 heavy (non-hydrogen) atoms. The third kappa shape index (κ3) is 4.42. The average Bonchev–Trinajstić information content (AvgIpc) is 3.13. The van der Waals surface area contributed by atoms with E-state index >= 15 is 0 Å². The van der Waals surface area contributed by atoms with Gasteiger partial charge in [0.15, 0.2) is 11.5 Å². The van der Waals surface area contributed by atoms with E-state index in [4.69, 9.17) is 9.47 Å². The van der Waals surface area contributed by atoms with Crippen LogP contribution < -0.4 is 9.47 Å². The summed E-state index contributed by atoms with van der Waals surface area (Å²) in [5.74, 6) is 1.41. The van der Waals surface area contributed by atoms with Gasteiger partial charge in [0.05, 0.1) is 14.2 Å². The van der Waals surface area contributed by atoms with E-state index in [0.29, 0.717) is 11.5 Å². The molecule has 220 valence electrons. The number of methoxy groups -OCH3 is 2. The van der Waals surface area contributed by atoms with Gasteiger partial charge in [-0.15, -0.1) is 0 Å². The summed E-state index contributed by atoms with van der Waals surface area (Å²) in [6.07, 6.45) is 0. The van der Waals surface area contributed by atoms with Crippen molar-refractivity contribution in [3.05, 3.63) is 158 Å². The molecule has 8 aromatic carbocycles. The predicted molar refractivity (Wildman–Crippen MR) is 194 cm³/mol. The van der Waals surface area contributed by atoms with Crippen molar-refractivity contribution in [1.29, 1.82) is 0 Å². The third-order valence-electron chi connectivity index (χ3n) is 9.03. The minimum absolute atomic E-state index is 0.705. The van der Waals surface area contributed by atoms with E-state index in [9.17, 15) is 0 Å². The van der Waals surface area contributed by atoms with Gasteiger partial charge in [-0.2, -0.15) is 0 Å². The van der Waals surface area contributed by atoms with Crippen LogP contribution in [0.15, 0.2) is 158 Å². The van der Waals surface area contributed by atoms with Crippen LogP contribution in [0.5, 0.6) is 11.5 Å². The lowest BCUT2D eigenvalue weighted by molar-refractivity contribution is 0.356. The molecule has 2 heteroatoms. The van der Waals surface area contributed by atoms with Gasteiger partial charge in [0.25, 0.3) is 0 Å². The lowest BCUT2D eigenvalue weighted by Gasteiger charge is -2.26. The largest absolute Gasteiger partial charge is 0.493 e. The maximum atomic E-state index is 5.95. The molecule has 0 amide bonds. The van der Waals surface area contributed by atoms with E-state index in [1.165, 1.54) is 54.9 Å². The molecule has 0 fully saturated rings. The van der Waals surface area contributed by atoms with E-state index in [1.54, 1.807) is 14.2 Å². The maximum Gasteiger partial charge on any atom is 0.161 e. The summed E-state index contributed by atoms with van der Waals surface area (Å²) < 4.78 is 11.9. The molecule has 0 spiro atoms. The fraction of sp³-hybridized carbons (Fsp3) is 0.0455. The van der Waals surface area contributed by atoms with Crippen LogP contribution in [0.25, 0.3) is 76.8 Å². The quantitative estimate of drug-likeness (QED) is 0.179. The van der Waals surface area contributed by atoms with Gasteiger partial charge in [-0.25, -0.2) is 0 Å². The Labute approximate surface area is 269 Å². The second-order valence-electron chi connectivity index (χ2n) is 11.5. The first-order valence-corrected chi connectivity index (χ1v) is 15.6. The van der Waals surface area contributed by atoms with E-state index in [2.05, 4.69) is 158 Å². The van der Waals surface area contributed by atoms with E-state index in [-0.39, 0.29) is 0 Å². The van der Waals surface area contributed by atoms with Gasteiger partial charge in [0, 0.05) is 0 Å². The van der Waals surface area contributed by atoms with Crippen molar-refractivity contribution in [2.45, 2.75) is 0 Å². The molecular weight excluding hydrogens is 560 g/mol. The molecule has 8 aromatic rings. The highest BCUT2D eigenvalue weighted by Crippen LogP contribution is 2.54. The molecule has 8 rings (SSSR count). The summed E-state index contributed by atoms with van der Waals surface area (Å²) in [6, 6.07) is 56.4. The number of rotatable bonds is 6. The molecule has 0 aliphatic carbocycles. The summed E-state index contributed by atoms with van der Waals surface area (Å²) in [6.45, 7) is 0. The Morgan fingerprint density at radius 2 is 0.565 bits per heavy atom. The monoisotopic (exact) mass is 592 g/mol. The molecule has 0 aliphatic heterocycles. The van der Waals surface area contributed by atoms with E-state index in [0.717, 1.165) is 21.9 Å². The predicted octanol–water partition coefficient (Wildman–Crippen LogP) is 11.8. The first-order valence-electron chi connectivity index (χ1n) is 15.6. The Morgan fingerprint density at radius 3 is 0.848 bits per heavy atom. The zero-order valence-corrected chi connectivity index (χ0v) is 25.8. The van der Waals surface area contributed by atoms with Crippen molar-refractivity contribution in [2.75, 3.05) is 14.2 Å². The second kappa shape index (κ2) is 11.6. The van der Waals surface area contributed by atoms with Gasteiger partial charge in [0.1, 0.15) is 0 Å². The van der Waals surface area contributed by atoms with Crippen molar-refractivity contribution < 1.29 is 9.47 Å². The zero-order chi connectivity index (χ0) is 31.0. The fourth-order valence-corrected chi connectivity index (χ4v) is 7.12. The summed E-state index contributed by atoms with van der Waals surface area (Å²) >= 11 is 0. The Bertz CT molecular complexity index is 2180. The molecule has 2 nitrogen and oxygen atoms in total. The van der Waals surface area contributed by atoms with Crippen LogP contribution >= 0.6 is 0 Å². The number of benzene rings is 8. The van der Waals surface area contributed by atoms with Crippen LogP contribution in [0.3, 0.4) is 0 Å². The van der Waals surface area contributed by atoms with Gasteiger partial charge in [-0.1, -0.05) is 146 Å². The van der Waals surface area contributed by atoms with Crippen molar-refractivity contribution in [1.82, 2.24) is 0 Å². The molecule has 0 N–H and O–H groups in total. The highest BCUT2D eigenvalue weighted by Gasteiger charge is 2.26. The Morgan fingerprint density at radius 1 is 0.304 bits per heavy atom. The first kappa shape index (κ1) is 27.7. The average molecular weight is 593 g/mol. The standard InChI is InChI=1S/C44H32O2/c1-45-37-27-35-36(28-38(37)46-2)42(32-23-13-6-14-24-32)44-40(30-19-9-4-10-20-30)34-26-16-15-25-33(34)39(29-17-7-3-8-18-29)43(44)41(35)31-21-11-5-12-22-31/h3-28H,1-2H3. The molecular formula is C44H32O2. The minimum Gasteiger partial charge on any atom is -0.493 e. The van der Waals surface area contributed by atoms with Crippen LogP contribution in [-0.4, -0.2) is 14.2 Å². The lowest BCUT2D eigenvalue weighted by atomic mass is 9.77. The Hall–Kier alpha value is -5.86. The van der Waals surface area contributed by atoms with Gasteiger partial charge in [-0.3, -0.25) is 0 Å². The smallest absolute Gasteiger partial charge is 0.161 e. The van der Waals surface area contributed by atoms with Crippen molar-refractivity contribution in [3.63, 3.8) is 0 Å². The second-order valence-corrected chi connectivity index (χ2v) is 11.5. The molecule has 0 unspecified atom stereocenters. The summed E-state index contributed by atoms with van der Waals surface area (Å²) in [4.78, 5) is 0. The van der Waals surface area contributed by atoms with Crippen molar-refractivity contribution in [3.8, 4) is 56.0 Å². The summed E-state index contributed by atoms with van der Waals surface area (Å²) in [7, 11) is 3.42. The Balaban J connectivity index is 1.78. The highest BCUT2D eigenvalue weighted by atomic mass is 16.5. The van der Waals surface area contributed by atoms with Crippen molar-refractivity contribution in [2.24, 2.45) is 0 Å². The zero-order valence-electron chi connectivity index (χ0n) is 25.8. The number of hydrogen-bond acceptors (Lipinski definition) is 2. The molecule has 0 heterocycles. The maximum absolute atomic E-state index is 5.95. The molecule has 0 radical (unpaired) electrons. The molecule has 0 saturated carbocycles. The number of fused-ring (bicyclic) bond motifs is 3. The van der Waals surface area contributed by atoms with Crippen LogP contribution in [-0.2, 0) is 0 Å². The van der Waals surface area contributed by atoms with Gasteiger partial charge >= 0.3 is 0 Å². The molecule has 0 atom stereocenters. The number of ether oxygens (including phenoxy) is 2. The SMILES string of the molecule is COc1cc2c(-c3ccccc3)c3c(-c4ccccc4)c4ccccc4c(-c4ccccc4)c3c(-c3ccccc3)c2cc1OC. The normalized spacial score (nSPS) is 11.3. The highest BCUT2D eigenvalue weighted by molar-refractivity contribution is 6.34. The third-order valence-corrected chi connectivity index (χ3v) is 9.03. The van der Waals surface area contributed by atoms with Crippen LogP contribution in [0.2, 0.25) is 0 Å². The summed E-state index contributed by atoms with van der Waals surface area (Å²) in [5, 5.41) is 7.09. The molecule has 0 bridgehead atoms. The van der Waals surface area contributed by atoms with Crippen LogP contribution in [0.4, 0.5) is 0 Å². The topological polar surface area (TPSA) is 18.5 Å². The van der Waals surface area contributed by atoms with Crippen LogP contribution in [0.1, 0.15) is 0 Å². The van der Waals surface area contributed by atoms with E-state index < -0.39 is 0 Å². The lowest BCUT2D eigenvalue weighted by Crippen LogP contribution is -1.99. The molecule has 0 aromatic heterocycles. The van der Waals surface area contributed by atoms with E-state index in [1.807, 2.05) is 0 Å². The van der Waals surface area contributed by atoms with Crippen molar-refractivity contribution >= 4 is 32.3 Å².